The lowest BCUT2D eigenvalue weighted by Gasteiger charge is -2.15. The van der Waals surface area contributed by atoms with Gasteiger partial charge in [-0.15, -0.1) is 0 Å². The molecule has 0 radical (unpaired) electrons. The molecule has 3 heterocycles. The van der Waals surface area contributed by atoms with Gasteiger partial charge in [-0.1, -0.05) is 23.8 Å². The van der Waals surface area contributed by atoms with Crippen molar-refractivity contribution in [2.24, 2.45) is 0 Å². The zero-order valence-electron chi connectivity index (χ0n) is 18.2. The Morgan fingerprint density at radius 2 is 1.75 bits per heavy atom. The van der Waals surface area contributed by atoms with Gasteiger partial charge >= 0.3 is 0 Å². The van der Waals surface area contributed by atoms with Crippen LogP contribution in [0.4, 0.5) is 0 Å². The first kappa shape index (κ1) is 20.5. The first-order valence-electron chi connectivity index (χ1n) is 10.5. The Kier molecular flexibility index (Phi) is 4.67. The monoisotopic (exact) mass is 445 g/mol. The fourth-order valence-electron chi connectivity index (χ4n) is 4.42. The smallest absolute Gasteiger partial charge is 0.269 e. The maximum atomic E-state index is 13.4. The highest BCUT2D eigenvalue weighted by atomic mass is 32.2. The molecule has 0 saturated carbocycles. The van der Waals surface area contributed by atoms with E-state index < -0.39 is 10.0 Å². The number of Topliss-reactive ketones (excluding diaryl/α,β-unsaturated/α-hetero) is 1. The summed E-state index contributed by atoms with van der Waals surface area (Å²) in [7, 11) is -3.76. The third-order valence-corrected chi connectivity index (χ3v) is 8.02. The van der Waals surface area contributed by atoms with Crippen LogP contribution in [0.5, 0.6) is 0 Å². The number of ketones is 1. The summed E-state index contributed by atoms with van der Waals surface area (Å²) in [6.07, 6.45) is 6.32. The molecule has 162 valence electrons. The quantitative estimate of drug-likeness (QED) is 0.435. The molecule has 0 N–H and O–H groups in total. The van der Waals surface area contributed by atoms with E-state index >= 15 is 0 Å². The van der Waals surface area contributed by atoms with Crippen molar-refractivity contribution in [3.8, 4) is 0 Å². The van der Waals surface area contributed by atoms with Crippen molar-refractivity contribution in [2.75, 3.05) is 0 Å². The number of hydrogen-bond donors (Lipinski definition) is 0. The van der Waals surface area contributed by atoms with E-state index in [-0.39, 0.29) is 10.7 Å². The Balaban J connectivity index is 1.55. The third-order valence-electron chi connectivity index (χ3n) is 6.27. The normalized spacial score (nSPS) is 15.5. The number of aromatic nitrogens is 3. The molecule has 0 unspecified atom stereocenters. The highest BCUT2D eigenvalue weighted by Crippen LogP contribution is 2.33. The van der Waals surface area contributed by atoms with Gasteiger partial charge in [-0.3, -0.25) is 4.79 Å². The van der Waals surface area contributed by atoms with Crippen LogP contribution in [0.3, 0.4) is 0 Å². The van der Waals surface area contributed by atoms with E-state index in [2.05, 4.69) is 11.9 Å². The van der Waals surface area contributed by atoms with Gasteiger partial charge in [-0.2, -0.15) is 0 Å². The standard InChI is InChI=1S/C25H23N3O3S/c1-16-7-10-20(11-8-16)32(30,31)28-15-26-22(18(28)3)14-19-9-12-21-17(2)23-6-4-5-13-27(23)24(21)25(19)29/h4-8,10-11,13-15H,9,12H2,1-3H3. The van der Waals surface area contributed by atoms with Gasteiger partial charge in [0, 0.05) is 17.3 Å². The van der Waals surface area contributed by atoms with Crippen LogP contribution in [0.15, 0.2) is 65.5 Å². The highest BCUT2D eigenvalue weighted by molar-refractivity contribution is 7.90. The molecule has 0 fully saturated rings. The summed E-state index contributed by atoms with van der Waals surface area (Å²) >= 11 is 0. The molecule has 7 heteroatoms. The maximum Gasteiger partial charge on any atom is 0.269 e. The number of imidazole rings is 1. The Hall–Kier alpha value is -3.45. The number of allylic oxidation sites excluding steroid dienone is 1. The summed E-state index contributed by atoms with van der Waals surface area (Å²) in [4.78, 5) is 17.9. The van der Waals surface area contributed by atoms with Gasteiger partial charge in [0.1, 0.15) is 6.33 Å². The Morgan fingerprint density at radius 1 is 1.00 bits per heavy atom. The molecule has 5 rings (SSSR count). The zero-order chi connectivity index (χ0) is 22.6. The van der Waals surface area contributed by atoms with Crippen LogP contribution in [-0.2, 0) is 16.4 Å². The van der Waals surface area contributed by atoms with Crippen LogP contribution >= 0.6 is 0 Å². The largest absolute Gasteiger partial charge is 0.313 e. The Labute approximate surface area is 186 Å². The number of carbonyl (C=O) groups is 1. The van der Waals surface area contributed by atoms with Gasteiger partial charge in [0.2, 0.25) is 5.78 Å². The summed E-state index contributed by atoms with van der Waals surface area (Å²) in [5, 5.41) is 0. The summed E-state index contributed by atoms with van der Waals surface area (Å²) in [5.41, 5.74) is 6.55. The highest BCUT2D eigenvalue weighted by Gasteiger charge is 2.29. The predicted molar refractivity (Wildman–Crippen MR) is 123 cm³/mol. The van der Waals surface area contributed by atoms with Crippen molar-refractivity contribution in [1.29, 1.82) is 0 Å². The average Bonchev–Trinajstić information content (AvgIpc) is 3.29. The summed E-state index contributed by atoms with van der Waals surface area (Å²) in [6.45, 7) is 5.67. The van der Waals surface area contributed by atoms with E-state index in [9.17, 15) is 13.2 Å². The van der Waals surface area contributed by atoms with Crippen molar-refractivity contribution in [3.63, 3.8) is 0 Å². The lowest BCUT2D eigenvalue weighted by molar-refractivity contribution is 0.102. The molecular weight excluding hydrogens is 422 g/mol. The van der Waals surface area contributed by atoms with E-state index in [0.29, 0.717) is 29.1 Å². The lowest BCUT2D eigenvalue weighted by Crippen LogP contribution is -2.16. The SMILES string of the molecule is Cc1ccc(S(=O)(=O)n2cnc(C=C3CCc4c(C)c5ccccn5c4C3=O)c2C)cc1. The number of nitrogens with zero attached hydrogens (tertiary/aromatic N) is 3. The minimum absolute atomic E-state index is 0.0316. The molecule has 4 aromatic rings. The number of aryl methyl sites for hydroxylation is 2. The molecule has 6 nitrogen and oxygen atoms in total. The lowest BCUT2D eigenvalue weighted by atomic mass is 9.89. The fourth-order valence-corrected chi connectivity index (χ4v) is 5.75. The second kappa shape index (κ2) is 7.31. The predicted octanol–water partition coefficient (Wildman–Crippen LogP) is 4.51. The average molecular weight is 446 g/mol. The number of benzene rings is 1. The van der Waals surface area contributed by atoms with Crippen LogP contribution in [-0.4, -0.2) is 27.6 Å². The molecule has 3 aromatic heterocycles. The third kappa shape index (κ3) is 3.04. The molecule has 32 heavy (non-hydrogen) atoms. The van der Waals surface area contributed by atoms with Gasteiger partial charge in [0.15, 0.2) is 0 Å². The molecule has 0 spiro atoms. The van der Waals surface area contributed by atoms with Crippen molar-refractivity contribution >= 4 is 27.4 Å². The summed E-state index contributed by atoms with van der Waals surface area (Å²) < 4.78 is 29.3. The van der Waals surface area contributed by atoms with E-state index in [4.69, 9.17) is 0 Å². The maximum absolute atomic E-state index is 13.4. The molecule has 0 amide bonds. The van der Waals surface area contributed by atoms with Gasteiger partial charge in [0.25, 0.3) is 10.0 Å². The van der Waals surface area contributed by atoms with Gasteiger partial charge in [-0.25, -0.2) is 17.4 Å². The van der Waals surface area contributed by atoms with E-state index in [1.165, 1.54) is 10.3 Å². The molecule has 1 aliphatic rings. The Bertz CT molecular complexity index is 1520. The number of rotatable bonds is 3. The Morgan fingerprint density at radius 3 is 2.50 bits per heavy atom. The molecule has 0 bridgehead atoms. The van der Waals surface area contributed by atoms with Crippen LogP contribution in [0, 0.1) is 20.8 Å². The van der Waals surface area contributed by atoms with Crippen LogP contribution in [0.1, 0.15) is 45.0 Å². The minimum Gasteiger partial charge on any atom is -0.313 e. The summed E-state index contributed by atoms with van der Waals surface area (Å²) in [5.74, 6) is -0.0316. The second-order valence-electron chi connectivity index (χ2n) is 8.24. The van der Waals surface area contributed by atoms with Gasteiger partial charge in [-0.05, 0) is 75.1 Å². The van der Waals surface area contributed by atoms with Gasteiger partial charge in [0.05, 0.1) is 22.0 Å². The number of pyridine rings is 1. The molecule has 0 saturated heterocycles. The van der Waals surface area contributed by atoms with Crippen molar-refractivity contribution < 1.29 is 13.2 Å². The van der Waals surface area contributed by atoms with E-state index in [1.807, 2.05) is 35.7 Å². The van der Waals surface area contributed by atoms with E-state index in [1.54, 1.807) is 37.3 Å². The first-order valence-corrected chi connectivity index (χ1v) is 11.9. The number of carbonyl (C=O) groups excluding carboxylic acids is 1. The van der Waals surface area contributed by atoms with Crippen LogP contribution in [0.25, 0.3) is 11.6 Å². The van der Waals surface area contributed by atoms with Gasteiger partial charge < -0.3 is 4.40 Å². The topological polar surface area (TPSA) is 73.4 Å². The molecule has 0 atom stereocenters. The van der Waals surface area contributed by atoms with Crippen molar-refractivity contribution in [3.05, 3.63) is 94.3 Å². The van der Waals surface area contributed by atoms with Crippen LogP contribution < -0.4 is 0 Å². The first-order chi connectivity index (χ1) is 15.3. The summed E-state index contributed by atoms with van der Waals surface area (Å²) in [6, 6.07) is 12.6. The second-order valence-corrected chi connectivity index (χ2v) is 10.1. The van der Waals surface area contributed by atoms with E-state index in [0.717, 1.165) is 28.6 Å². The molecule has 1 aromatic carbocycles. The molecule has 0 aliphatic heterocycles. The fraction of sp³-hybridized carbons (Fsp3) is 0.200. The van der Waals surface area contributed by atoms with Crippen LogP contribution in [0.2, 0.25) is 0 Å². The molecule has 1 aliphatic carbocycles. The minimum atomic E-state index is -3.76. The number of fused-ring (bicyclic) bond motifs is 3. The zero-order valence-corrected chi connectivity index (χ0v) is 19.0. The molecular formula is C25H23N3O3S. The number of hydrogen-bond acceptors (Lipinski definition) is 4. The van der Waals surface area contributed by atoms with Crippen molar-refractivity contribution in [2.45, 2.75) is 38.5 Å². The van der Waals surface area contributed by atoms with Crippen molar-refractivity contribution in [1.82, 2.24) is 13.4 Å².